The Labute approximate surface area is 149 Å². The number of hydrogen-bond acceptors (Lipinski definition) is 4. The molecule has 1 aliphatic rings. The third-order valence-corrected chi connectivity index (χ3v) is 4.66. The van der Waals surface area contributed by atoms with E-state index >= 15 is 0 Å². The molecule has 0 spiro atoms. The van der Waals surface area contributed by atoms with Crippen LogP contribution in [0.3, 0.4) is 0 Å². The average Bonchev–Trinajstić information content (AvgIpc) is 3.14. The summed E-state index contributed by atoms with van der Waals surface area (Å²) in [5.41, 5.74) is 1.14. The molecule has 0 N–H and O–H groups in total. The Morgan fingerprint density at radius 1 is 1.36 bits per heavy atom. The van der Waals surface area contributed by atoms with Gasteiger partial charge in [0.2, 0.25) is 5.91 Å². The minimum atomic E-state index is -0.155. The normalized spacial score (nSPS) is 19.5. The lowest BCUT2D eigenvalue weighted by Crippen LogP contribution is -2.53. The second-order valence-electron chi connectivity index (χ2n) is 6.57. The van der Waals surface area contributed by atoms with Crippen molar-refractivity contribution < 1.29 is 9.53 Å². The summed E-state index contributed by atoms with van der Waals surface area (Å²) < 4.78 is 7.72. The van der Waals surface area contributed by atoms with Gasteiger partial charge in [-0.2, -0.15) is 5.10 Å². The van der Waals surface area contributed by atoms with E-state index in [2.05, 4.69) is 10.00 Å². The molecule has 1 amide bonds. The highest BCUT2D eigenvalue weighted by molar-refractivity contribution is 5.81. The van der Waals surface area contributed by atoms with E-state index in [1.54, 1.807) is 11.1 Å². The van der Waals surface area contributed by atoms with Crippen molar-refractivity contribution in [1.29, 1.82) is 0 Å². The molecular weight excluding hydrogens is 316 g/mol. The first-order valence-corrected chi connectivity index (χ1v) is 8.75. The molecule has 6 heteroatoms. The summed E-state index contributed by atoms with van der Waals surface area (Å²) in [7, 11) is 1.87. The molecule has 134 valence electrons. The van der Waals surface area contributed by atoms with Gasteiger partial charge >= 0.3 is 0 Å². The van der Waals surface area contributed by atoms with Crippen LogP contribution in [0.4, 0.5) is 0 Å². The second-order valence-corrected chi connectivity index (χ2v) is 6.57. The lowest BCUT2D eigenvalue weighted by atomic mass is 10.1. The van der Waals surface area contributed by atoms with Gasteiger partial charge in [0.05, 0.1) is 25.3 Å². The molecule has 0 bridgehead atoms. The Bertz CT molecular complexity index is 659. The number of benzene rings is 1. The SMILES string of the molecule is C[C@@H](C(=O)N(C)Cc1ccccc1)N1CCO[C@@H](Cn2cccn2)C1. The zero-order valence-corrected chi connectivity index (χ0v) is 14.9. The van der Waals surface area contributed by atoms with Crippen LogP contribution in [0.25, 0.3) is 0 Å². The fraction of sp³-hybridized carbons (Fsp3) is 0.474. The first-order valence-electron chi connectivity index (χ1n) is 8.75. The van der Waals surface area contributed by atoms with Crippen LogP contribution in [-0.4, -0.2) is 64.4 Å². The van der Waals surface area contributed by atoms with E-state index < -0.39 is 0 Å². The van der Waals surface area contributed by atoms with E-state index in [0.717, 1.165) is 18.7 Å². The first-order chi connectivity index (χ1) is 12.1. The van der Waals surface area contributed by atoms with Gasteiger partial charge in [-0.1, -0.05) is 30.3 Å². The second kappa shape index (κ2) is 8.27. The zero-order chi connectivity index (χ0) is 17.6. The molecule has 1 fully saturated rings. The van der Waals surface area contributed by atoms with Gasteiger partial charge in [-0.15, -0.1) is 0 Å². The van der Waals surface area contributed by atoms with Crippen LogP contribution in [0.15, 0.2) is 48.8 Å². The Morgan fingerprint density at radius 2 is 2.16 bits per heavy atom. The lowest BCUT2D eigenvalue weighted by molar-refractivity contribution is -0.139. The number of carbonyl (C=O) groups excluding carboxylic acids is 1. The Morgan fingerprint density at radius 3 is 2.88 bits per heavy atom. The summed E-state index contributed by atoms with van der Waals surface area (Å²) in [5, 5.41) is 4.23. The Hall–Kier alpha value is -2.18. The predicted molar refractivity (Wildman–Crippen MR) is 95.9 cm³/mol. The van der Waals surface area contributed by atoms with Gasteiger partial charge in [0, 0.05) is 39.1 Å². The summed E-state index contributed by atoms with van der Waals surface area (Å²) >= 11 is 0. The van der Waals surface area contributed by atoms with Crippen LogP contribution in [-0.2, 0) is 22.6 Å². The number of likely N-dealkylation sites (N-methyl/N-ethyl adjacent to an activating group) is 1. The van der Waals surface area contributed by atoms with E-state index in [1.807, 2.05) is 61.2 Å². The van der Waals surface area contributed by atoms with Gasteiger partial charge in [0.15, 0.2) is 0 Å². The maximum Gasteiger partial charge on any atom is 0.239 e. The third-order valence-electron chi connectivity index (χ3n) is 4.66. The molecule has 0 saturated carbocycles. The van der Waals surface area contributed by atoms with Crippen molar-refractivity contribution in [2.24, 2.45) is 0 Å². The quantitative estimate of drug-likeness (QED) is 0.801. The molecule has 2 atom stereocenters. The highest BCUT2D eigenvalue weighted by Gasteiger charge is 2.29. The van der Waals surface area contributed by atoms with Crippen molar-refractivity contribution in [2.75, 3.05) is 26.7 Å². The molecule has 1 aromatic carbocycles. The summed E-state index contributed by atoms with van der Waals surface area (Å²) in [6.45, 7) is 5.50. The molecule has 3 rings (SSSR count). The summed E-state index contributed by atoms with van der Waals surface area (Å²) in [6.07, 6.45) is 3.76. The molecule has 2 heterocycles. The van der Waals surface area contributed by atoms with E-state index in [1.165, 1.54) is 0 Å². The van der Waals surface area contributed by atoms with Crippen molar-refractivity contribution >= 4 is 5.91 Å². The summed E-state index contributed by atoms with van der Waals surface area (Å²) in [6, 6.07) is 11.8. The number of aromatic nitrogens is 2. The van der Waals surface area contributed by atoms with Gasteiger partial charge in [-0.3, -0.25) is 14.4 Å². The smallest absolute Gasteiger partial charge is 0.239 e. The average molecular weight is 342 g/mol. The predicted octanol–water partition coefficient (Wildman–Crippen LogP) is 1.63. The van der Waals surface area contributed by atoms with Gasteiger partial charge in [-0.25, -0.2) is 0 Å². The van der Waals surface area contributed by atoms with Crippen LogP contribution in [0, 0.1) is 0 Å². The lowest BCUT2D eigenvalue weighted by Gasteiger charge is -2.37. The van der Waals surface area contributed by atoms with Gasteiger partial charge in [-0.05, 0) is 18.6 Å². The van der Waals surface area contributed by atoms with E-state index in [0.29, 0.717) is 19.7 Å². The molecule has 1 saturated heterocycles. The number of hydrogen-bond donors (Lipinski definition) is 0. The molecule has 25 heavy (non-hydrogen) atoms. The maximum atomic E-state index is 12.8. The standard InChI is InChI=1S/C19H26N4O2/c1-16(19(24)21(2)13-17-7-4-3-5-8-17)22-11-12-25-18(14-22)15-23-10-6-9-20-23/h3-10,16,18H,11-15H2,1-2H3/t16-,18+/m0/s1. The van der Waals surface area contributed by atoms with Crippen molar-refractivity contribution in [1.82, 2.24) is 19.6 Å². The highest BCUT2D eigenvalue weighted by Crippen LogP contribution is 2.13. The minimum absolute atomic E-state index is 0.0586. The minimum Gasteiger partial charge on any atom is -0.374 e. The van der Waals surface area contributed by atoms with Crippen LogP contribution >= 0.6 is 0 Å². The molecule has 0 radical (unpaired) electrons. The number of nitrogens with zero attached hydrogens (tertiary/aromatic N) is 4. The fourth-order valence-corrected chi connectivity index (χ4v) is 3.23. The summed E-state index contributed by atoms with van der Waals surface area (Å²) in [4.78, 5) is 16.8. The summed E-state index contributed by atoms with van der Waals surface area (Å²) in [5.74, 6) is 0.142. The molecule has 1 aromatic heterocycles. The fourth-order valence-electron chi connectivity index (χ4n) is 3.23. The number of amides is 1. The first kappa shape index (κ1) is 17.6. The molecule has 1 aliphatic heterocycles. The molecule has 0 aliphatic carbocycles. The molecule has 2 aromatic rings. The number of rotatable bonds is 6. The van der Waals surface area contributed by atoms with Crippen molar-refractivity contribution in [3.63, 3.8) is 0 Å². The van der Waals surface area contributed by atoms with Crippen LogP contribution in [0.5, 0.6) is 0 Å². The number of ether oxygens (including phenoxy) is 1. The third kappa shape index (κ3) is 4.67. The number of morpholine rings is 1. The van der Waals surface area contributed by atoms with Crippen molar-refractivity contribution in [3.8, 4) is 0 Å². The largest absolute Gasteiger partial charge is 0.374 e. The maximum absolute atomic E-state index is 12.8. The van der Waals surface area contributed by atoms with Crippen molar-refractivity contribution in [2.45, 2.75) is 32.2 Å². The van der Waals surface area contributed by atoms with Crippen molar-refractivity contribution in [3.05, 3.63) is 54.4 Å². The monoisotopic (exact) mass is 342 g/mol. The zero-order valence-electron chi connectivity index (χ0n) is 14.9. The molecule has 6 nitrogen and oxygen atoms in total. The topological polar surface area (TPSA) is 50.6 Å². The van der Waals surface area contributed by atoms with Gasteiger partial charge in [0.25, 0.3) is 0 Å². The van der Waals surface area contributed by atoms with E-state index in [-0.39, 0.29) is 18.1 Å². The van der Waals surface area contributed by atoms with Crippen LogP contribution in [0.2, 0.25) is 0 Å². The Kier molecular flexibility index (Phi) is 5.83. The van der Waals surface area contributed by atoms with Crippen LogP contribution in [0.1, 0.15) is 12.5 Å². The van der Waals surface area contributed by atoms with Gasteiger partial charge < -0.3 is 9.64 Å². The number of carbonyl (C=O) groups is 1. The van der Waals surface area contributed by atoms with E-state index in [9.17, 15) is 4.79 Å². The molecule has 0 unspecified atom stereocenters. The van der Waals surface area contributed by atoms with Crippen LogP contribution < -0.4 is 0 Å². The Balaban J connectivity index is 1.55. The highest BCUT2D eigenvalue weighted by atomic mass is 16.5. The van der Waals surface area contributed by atoms with E-state index in [4.69, 9.17) is 4.74 Å². The van der Waals surface area contributed by atoms with Gasteiger partial charge in [0.1, 0.15) is 0 Å². The molecular formula is C19H26N4O2.